The second-order valence-corrected chi connectivity index (χ2v) is 5.33. The molecule has 0 bridgehead atoms. The van der Waals surface area contributed by atoms with E-state index in [4.69, 9.17) is 4.74 Å². The Kier molecular flexibility index (Phi) is 5.08. The van der Waals surface area contributed by atoms with Crippen LogP contribution in [0.3, 0.4) is 0 Å². The van der Waals surface area contributed by atoms with Gasteiger partial charge in [-0.15, -0.1) is 0 Å². The standard InChI is InChI=1S/C16H26N2O/c1-4-19-16-11-9-15(10-12-16)18(3)14-7-5-13(17-2)6-8-14/h9-14,17H,4-8H2,1-3H3. The summed E-state index contributed by atoms with van der Waals surface area (Å²) in [4.78, 5) is 2.42. The van der Waals surface area contributed by atoms with Crippen molar-refractivity contribution >= 4 is 5.69 Å². The van der Waals surface area contributed by atoms with E-state index in [1.165, 1.54) is 31.4 Å². The van der Waals surface area contributed by atoms with Gasteiger partial charge < -0.3 is 15.0 Å². The van der Waals surface area contributed by atoms with Crippen molar-refractivity contribution in [3.63, 3.8) is 0 Å². The molecule has 3 nitrogen and oxygen atoms in total. The van der Waals surface area contributed by atoms with Gasteiger partial charge in [0.2, 0.25) is 0 Å². The number of hydrogen-bond donors (Lipinski definition) is 1. The van der Waals surface area contributed by atoms with E-state index in [2.05, 4.69) is 48.6 Å². The predicted octanol–water partition coefficient (Wildman–Crippen LogP) is 3.05. The van der Waals surface area contributed by atoms with Crippen LogP contribution in [0.2, 0.25) is 0 Å². The molecule has 1 aromatic carbocycles. The minimum absolute atomic E-state index is 0.669. The molecule has 0 spiro atoms. The summed E-state index contributed by atoms with van der Waals surface area (Å²) in [5.41, 5.74) is 1.29. The van der Waals surface area contributed by atoms with E-state index < -0.39 is 0 Å². The Bertz CT molecular complexity index is 369. The molecule has 1 N–H and O–H groups in total. The lowest BCUT2D eigenvalue weighted by molar-refractivity contribution is 0.340. The zero-order valence-electron chi connectivity index (χ0n) is 12.4. The van der Waals surface area contributed by atoms with Gasteiger partial charge in [-0.3, -0.25) is 0 Å². The molecule has 1 aliphatic carbocycles. The molecule has 19 heavy (non-hydrogen) atoms. The maximum atomic E-state index is 5.49. The number of ether oxygens (including phenoxy) is 1. The molecule has 106 valence electrons. The first-order valence-corrected chi connectivity index (χ1v) is 7.37. The molecule has 0 atom stereocenters. The van der Waals surface area contributed by atoms with Crippen LogP contribution in [-0.2, 0) is 0 Å². The Hall–Kier alpha value is -1.22. The minimum Gasteiger partial charge on any atom is -0.494 e. The topological polar surface area (TPSA) is 24.5 Å². The molecule has 0 amide bonds. The Morgan fingerprint density at radius 2 is 1.79 bits per heavy atom. The van der Waals surface area contributed by atoms with Crippen LogP contribution in [0.25, 0.3) is 0 Å². The molecule has 0 unspecified atom stereocenters. The van der Waals surface area contributed by atoms with Gasteiger partial charge in [0.15, 0.2) is 0 Å². The molecule has 0 saturated heterocycles. The number of benzene rings is 1. The van der Waals surface area contributed by atoms with Gasteiger partial charge in [0.05, 0.1) is 6.61 Å². The highest BCUT2D eigenvalue weighted by molar-refractivity contribution is 5.49. The molecule has 0 aromatic heterocycles. The molecular weight excluding hydrogens is 236 g/mol. The van der Waals surface area contributed by atoms with E-state index >= 15 is 0 Å². The summed E-state index contributed by atoms with van der Waals surface area (Å²) in [5, 5.41) is 3.39. The third-order valence-electron chi connectivity index (χ3n) is 4.21. The first-order chi connectivity index (χ1) is 9.24. The molecule has 1 fully saturated rings. The number of anilines is 1. The summed E-state index contributed by atoms with van der Waals surface area (Å²) < 4.78 is 5.49. The van der Waals surface area contributed by atoms with Gasteiger partial charge in [-0.05, 0) is 63.9 Å². The number of nitrogens with zero attached hydrogens (tertiary/aromatic N) is 1. The number of hydrogen-bond acceptors (Lipinski definition) is 3. The average molecular weight is 262 g/mol. The quantitative estimate of drug-likeness (QED) is 0.882. The van der Waals surface area contributed by atoms with Gasteiger partial charge in [0.25, 0.3) is 0 Å². The summed E-state index contributed by atoms with van der Waals surface area (Å²) in [7, 11) is 4.28. The third-order valence-corrected chi connectivity index (χ3v) is 4.21. The number of nitrogens with one attached hydrogen (secondary N) is 1. The van der Waals surface area contributed by atoms with Crippen molar-refractivity contribution in [1.29, 1.82) is 0 Å². The van der Waals surface area contributed by atoms with Crippen LogP contribution in [0.1, 0.15) is 32.6 Å². The summed E-state index contributed by atoms with van der Waals surface area (Å²) >= 11 is 0. The Labute approximate surface area is 116 Å². The number of rotatable bonds is 5. The van der Waals surface area contributed by atoms with Gasteiger partial charge in [0.1, 0.15) is 5.75 Å². The molecule has 0 heterocycles. The monoisotopic (exact) mass is 262 g/mol. The van der Waals surface area contributed by atoms with E-state index in [0.717, 1.165) is 12.4 Å². The summed E-state index contributed by atoms with van der Waals surface area (Å²) in [6, 6.07) is 9.83. The van der Waals surface area contributed by atoms with Gasteiger partial charge >= 0.3 is 0 Å². The molecule has 1 saturated carbocycles. The second-order valence-electron chi connectivity index (χ2n) is 5.33. The fraction of sp³-hybridized carbons (Fsp3) is 0.625. The van der Waals surface area contributed by atoms with E-state index in [1.807, 2.05) is 6.92 Å². The van der Waals surface area contributed by atoms with E-state index in [0.29, 0.717) is 12.1 Å². The molecule has 0 aliphatic heterocycles. The van der Waals surface area contributed by atoms with Crippen LogP contribution >= 0.6 is 0 Å². The summed E-state index contributed by atoms with van der Waals surface area (Å²) in [5.74, 6) is 0.957. The van der Waals surface area contributed by atoms with Crippen molar-refractivity contribution in [2.45, 2.75) is 44.7 Å². The lowest BCUT2D eigenvalue weighted by atomic mass is 9.90. The Morgan fingerprint density at radius 1 is 1.16 bits per heavy atom. The maximum Gasteiger partial charge on any atom is 0.119 e. The molecular formula is C16H26N2O. The van der Waals surface area contributed by atoms with Gasteiger partial charge in [0, 0.05) is 24.8 Å². The molecule has 1 aromatic rings. The lowest BCUT2D eigenvalue weighted by Crippen LogP contribution is -2.39. The van der Waals surface area contributed by atoms with Crippen molar-refractivity contribution in [2.24, 2.45) is 0 Å². The molecule has 0 radical (unpaired) electrons. The van der Waals surface area contributed by atoms with Gasteiger partial charge in [-0.1, -0.05) is 0 Å². The van der Waals surface area contributed by atoms with Crippen LogP contribution in [0.15, 0.2) is 24.3 Å². The normalized spacial score (nSPS) is 23.1. The third kappa shape index (κ3) is 3.63. The van der Waals surface area contributed by atoms with Crippen molar-refractivity contribution in [3.8, 4) is 5.75 Å². The maximum absolute atomic E-state index is 5.49. The lowest BCUT2D eigenvalue weighted by Gasteiger charge is -2.36. The van der Waals surface area contributed by atoms with Crippen molar-refractivity contribution in [3.05, 3.63) is 24.3 Å². The average Bonchev–Trinajstić information content (AvgIpc) is 2.48. The highest BCUT2D eigenvalue weighted by Gasteiger charge is 2.23. The highest BCUT2D eigenvalue weighted by atomic mass is 16.5. The van der Waals surface area contributed by atoms with E-state index in [1.54, 1.807) is 0 Å². The van der Waals surface area contributed by atoms with Crippen LogP contribution in [0.4, 0.5) is 5.69 Å². The fourth-order valence-corrected chi connectivity index (χ4v) is 2.91. The molecule has 1 aliphatic rings. The van der Waals surface area contributed by atoms with E-state index in [9.17, 15) is 0 Å². The van der Waals surface area contributed by atoms with Gasteiger partial charge in [-0.25, -0.2) is 0 Å². The minimum atomic E-state index is 0.669. The molecule has 2 rings (SSSR count). The van der Waals surface area contributed by atoms with E-state index in [-0.39, 0.29) is 0 Å². The predicted molar refractivity (Wildman–Crippen MR) is 81.1 cm³/mol. The highest BCUT2D eigenvalue weighted by Crippen LogP contribution is 2.27. The zero-order chi connectivity index (χ0) is 13.7. The van der Waals surface area contributed by atoms with Gasteiger partial charge in [-0.2, -0.15) is 0 Å². The first kappa shape index (κ1) is 14.2. The summed E-state index contributed by atoms with van der Waals surface area (Å²) in [6.45, 7) is 2.74. The van der Waals surface area contributed by atoms with Crippen LogP contribution < -0.4 is 15.0 Å². The SMILES string of the molecule is CCOc1ccc(N(C)C2CCC(NC)CC2)cc1. The van der Waals surface area contributed by atoms with Crippen molar-refractivity contribution in [1.82, 2.24) is 5.32 Å². The first-order valence-electron chi connectivity index (χ1n) is 7.37. The Balaban J connectivity index is 1.94. The smallest absolute Gasteiger partial charge is 0.119 e. The second kappa shape index (κ2) is 6.80. The zero-order valence-corrected chi connectivity index (χ0v) is 12.4. The summed E-state index contributed by atoms with van der Waals surface area (Å²) in [6.07, 6.45) is 5.11. The van der Waals surface area contributed by atoms with Crippen LogP contribution in [0.5, 0.6) is 5.75 Å². The molecule has 3 heteroatoms. The Morgan fingerprint density at radius 3 is 2.32 bits per heavy atom. The largest absolute Gasteiger partial charge is 0.494 e. The van der Waals surface area contributed by atoms with Crippen LogP contribution in [0, 0.1) is 0 Å². The van der Waals surface area contributed by atoms with Crippen molar-refractivity contribution < 1.29 is 4.74 Å². The van der Waals surface area contributed by atoms with Crippen molar-refractivity contribution in [2.75, 3.05) is 25.6 Å². The van der Waals surface area contributed by atoms with Crippen LogP contribution in [-0.4, -0.2) is 32.8 Å². The fourth-order valence-electron chi connectivity index (χ4n) is 2.91.